The number of hydrogen-bond donors (Lipinski definition) is 2. The minimum atomic E-state index is -1.60. The van der Waals surface area contributed by atoms with Gasteiger partial charge in [-0.05, 0) is 41.7 Å². The predicted molar refractivity (Wildman–Crippen MR) is 271 cm³/mol. The molecule has 0 unspecified atom stereocenters. The third kappa shape index (κ3) is 15.1. The van der Waals surface area contributed by atoms with Crippen LogP contribution in [0.3, 0.4) is 0 Å². The lowest BCUT2D eigenvalue weighted by Gasteiger charge is -2.50. The first-order valence-electron chi connectivity index (χ1n) is 25.1. The van der Waals surface area contributed by atoms with Crippen LogP contribution in [0.2, 0.25) is 0 Å². The van der Waals surface area contributed by atoms with Crippen LogP contribution in [0, 0.1) is 0 Å². The van der Waals surface area contributed by atoms with Crippen LogP contribution in [0.1, 0.15) is 41.7 Å². The lowest BCUT2D eigenvalue weighted by atomic mass is 9.95. The molecule has 0 radical (unpaired) electrons. The molecule has 5 aromatic carbocycles. The lowest BCUT2D eigenvalue weighted by Crippen LogP contribution is -2.67. The predicted octanol–water partition coefficient (Wildman–Crippen LogP) is 8.03. The Kier molecular flexibility index (Phi) is 20.9. The van der Waals surface area contributed by atoms with E-state index in [-0.39, 0.29) is 46.2 Å². The van der Waals surface area contributed by atoms with E-state index in [1.807, 2.05) is 152 Å². The van der Waals surface area contributed by atoms with Crippen LogP contribution >= 0.6 is 0 Å². The normalized spacial score (nSPS) is 30.4. The highest BCUT2D eigenvalue weighted by atomic mass is 16.8. The molecular weight excluding hydrogens is 933 g/mol. The summed E-state index contributed by atoms with van der Waals surface area (Å²) in [6, 6.07) is 49.2. The van der Waals surface area contributed by atoms with Crippen molar-refractivity contribution in [1.29, 1.82) is 0 Å². The Labute approximate surface area is 429 Å². The fourth-order valence-corrected chi connectivity index (χ4v) is 9.33. The van der Waals surface area contributed by atoms with E-state index in [1.165, 1.54) is 0 Å². The van der Waals surface area contributed by atoms with E-state index in [0.717, 1.165) is 27.8 Å². The van der Waals surface area contributed by atoms with E-state index < -0.39 is 92.1 Å². The zero-order chi connectivity index (χ0) is 50.8. The molecule has 0 aromatic heterocycles. The van der Waals surface area contributed by atoms with Gasteiger partial charge in [-0.1, -0.05) is 164 Å². The summed E-state index contributed by atoms with van der Waals surface area (Å²) in [4.78, 5) is 0. The highest BCUT2D eigenvalue weighted by molar-refractivity contribution is 5.17. The van der Waals surface area contributed by atoms with E-state index in [0.29, 0.717) is 6.61 Å². The number of benzene rings is 5. The van der Waals surface area contributed by atoms with Crippen LogP contribution in [0.25, 0.3) is 0 Å². The van der Waals surface area contributed by atoms with Crippen LogP contribution in [0.15, 0.2) is 177 Å². The molecule has 14 nitrogen and oxygen atoms in total. The van der Waals surface area contributed by atoms with E-state index in [2.05, 4.69) is 13.2 Å². The van der Waals surface area contributed by atoms with Gasteiger partial charge in [0, 0.05) is 0 Å². The van der Waals surface area contributed by atoms with Crippen molar-refractivity contribution in [3.8, 4) is 0 Å². The Morgan fingerprint density at radius 1 is 0.411 bits per heavy atom. The van der Waals surface area contributed by atoms with Gasteiger partial charge in [0.05, 0.1) is 65.1 Å². The van der Waals surface area contributed by atoms with Gasteiger partial charge in [0.15, 0.2) is 18.9 Å². The molecule has 390 valence electrons. The van der Waals surface area contributed by atoms with Gasteiger partial charge < -0.3 is 67.1 Å². The summed E-state index contributed by atoms with van der Waals surface area (Å²) in [6.45, 7) is 12.6. The molecular formula is C59H70O14. The monoisotopic (exact) mass is 1000 g/mol. The van der Waals surface area contributed by atoms with Crippen LogP contribution in [0.4, 0.5) is 0 Å². The highest BCUT2D eigenvalue weighted by Gasteiger charge is 2.55. The Balaban J connectivity index is 1.18. The fraction of sp³-hybridized carbons (Fsp3) is 0.424. The van der Waals surface area contributed by atoms with E-state index in [4.69, 9.17) is 56.8 Å². The lowest BCUT2D eigenvalue weighted by molar-refractivity contribution is -0.393. The van der Waals surface area contributed by atoms with Crippen LogP contribution in [-0.4, -0.2) is 122 Å². The molecule has 15 atom stereocenters. The van der Waals surface area contributed by atoms with Crippen molar-refractivity contribution in [2.45, 2.75) is 139 Å². The van der Waals surface area contributed by atoms with Gasteiger partial charge in [-0.3, -0.25) is 0 Å². The summed E-state index contributed by atoms with van der Waals surface area (Å²) >= 11 is 0. The maximum Gasteiger partial charge on any atom is 0.187 e. The van der Waals surface area contributed by atoms with Crippen LogP contribution < -0.4 is 0 Å². The van der Waals surface area contributed by atoms with E-state index in [1.54, 1.807) is 26.0 Å². The van der Waals surface area contributed by atoms with Gasteiger partial charge >= 0.3 is 0 Å². The molecule has 3 saturated heterocycles. The summed E-state index contributed by atoms with van der Waals surface area (Å²) in [5.41, 5.74) is 4.67. The Morgan fingerprint density at radius 3 is 1.30 bits per heavy atom. The molecule has 3 heterocycles. The zero-order valence-electron chi connectivity index (χ0n) is 41.6. The molecule has 0 bridgehead atoms. The fourth-order valence-electron chi connectivity index (χ4n) is 9.33. The molecule has 3 aliphatic heterocycles. The smallest absolute Gasteiger partial charge is 0.187 e. The summed E-state index contributed by atoms with van der Waals surface area (Å²) in [5, 5.41) is 24.0. The SMILES string of the molecule is C=CCO[C@@H]1[C@@H](OCC=C)[C@@H](O)[C@H](O[C@@H]2[C@H](O[C@H]3O[C@H](COCc4ccccc4)[C@@H](OCc4ccccc4)[C@H](OCc4ccccc4)[C@H]3OCc3ccccc3)[C@@H](OCc3ccccc3)[C@H](C)O[C@H]2O)O[C@H]1C. The minimum absolute atomic E-state index is 0.0761. The first-order chi connectivity index (χ1) is 35.8. The summed E-state index contributed by atoms with van der Waals surface area (Å²) < 4.78 is 80.0. The number of aliphatic hydroxyl groups is 2. The van der Waals surface area contributed by atoms with Crippen molar-refractivity contribution in [3.63, 3.8) is 0 Å². The molecule has 5 aromatic rings. The molecule has 0 spiro atoms. The number of ether oxygens (including phenoxy) is 12. The second-order valence-corrected chi connectivity index (χ2v) is 18.4. The first-order valence-corrected chi connectivity index (χ1v) is 25.1. The van der Waals surface area contributed by atoms with Gasteiger partial charge in [0.2, 0.25) is 0 Å². The molecule has 3 aliphatic rings. The molecule has 0 saturated carbocycles. The van der Waals surface area contributed by atoms with Crippen molar-refractivity contribution in [1.82, 2.24) is 0 Å². The average Bonchev–Trinajstić information content (AvgIpc) is 3.42. The molecule has 3 fully saturated rings. The first kappa shape index (κ1) is 54.3. The quantitative estimate of drug-likeness (QED) is 0.0515. The van der Waals surface area contributed by atoms with E-state index >= 15 is 0 Å². The van der Waals surface area contributed by atoms with Gasteiger partial charge in [-0.15, -0.1) is 13.2 Å². The number of aliphatic hydroxyl groups excluding tert-OH is 2. The Bertz CT molecular complexity index is 2330. The van der Waals surface area contributed by atoms with Crippen LogP contribution in [0.5, 0.6) is 0 Å². The van der Waals surface area contributed by atoms with Gasteiger partial charge in [0.1, 0.15) is 61.0 Å². The van der Waals surface area contributed by atoms with Crippen molar-refractivity contribution in [3.05, 3.63) is 205 Å². The topological polar surface area (TPSA) is 151 Å². The molecule has 2 N–H and O–H groups in total. The molecule has 73 heavy (non-hydrogen) atoms. The maximum absolute atomic E-state index is 12.0. The Hall–Kier alpha value is -4.98. The zero-order valence-corrected chi connectivity index (χ0v) is 41.6. The average molecular weight is 1000 g/mol. The van der Waals surface area contributed by atoms with Crippen molar-refractivity contribution < 1.29 is 67.1 Å². The van der Waals surface area contributed by atoms with E-state index in [9.17, 15) is 10.2 Å². The summed E-state index contributed by atoms with van der Waals surface area (Å²) in [7, 11) is 0. The molecule has 8 rings (SSSR count). The summed E-state index contributed by atoms with van der Waals surface area (Å²) in [5.74, 6) is 0. The largest absolute Gasteiger partial charge is 0.385 e. The standard InChI is InChI=1S/C59H70O14/c1-5-32-63-49-41(4)70-58(48(60)52(49)64-33-6-2)73-55-54(50(40(3)69-57(55)61)65-35-43-24-14-8-15-25-43)72-59-56(68-38-46-30-20-11-21-31-46)53(67-37-45-28-18-10-19-29-45)51(66-36-44-26-16-9-17-27-44)47(71-59)39-62-34-42-22-12-7-13-23-42/h5-31,40-41,47-61H,1-2,32-39H2,3-4H3/t40-,41-,47+,48+,49-,50-,51+,52-,53-,54+,55+,56+,57+,58-,59+/m0/s1. The number of hydrogen-bond acceptors (Lipinski definition) is 14. The van der Waals surface area contributed by atoms with Crippen molar-refractivity contribution in [2.75, 3.05) is 19.8 Å². The second-order valence-electron chi connectivity index (χ2n) is 18.4. The minimum Gasteiger partial charge on any atom is -0.385 e. The third-order valence-electron chi connectivity index (χ3n) is 13.0. The van der Waals surface area contributed by atoms with Gasteiger partial charge in [-0.2, -0.15) is 0 Å². The van der Waals surface area contributed by atoms with Crippen molar-refractivity contribution in [2.24, 2.45) is 0 Å². The van der Waals surface area contributed by atoms with Crippen molar-refractivity contribution >= 4 is 0 Å². The molecule has 14 heteroatoms. The van der Waals surface area contributed by atoms with Gasteiger partial charge in [-0.25, -0.2) is 0 Å². The van der Waals surface area contributed by atoms with Crippen LogP contribution in [-0.2, 0) is 89.9 Å². The third-order valence-corrected chi connectivity index (χ3v) is 13.0. The Morgan fingerprint density at radius 2 is 0.808 bits per heavy atom. The summed E-state index contributed by atoms with van der Waals surface area (Å²) in [6.07, 6.45) is -12.2. The van der Waals surface area contributed by atoms with Gasteiger partial charge in [0.25, 0.3) is 0 Å². The maximum atomic E-state index is 12.0. The molecule has 0 aliphatic carbocycles. The number of rotatable bonds is 26. The highest BCUT2D eigenvalue weighted by Crippen LogP contribution is 2.38. The second kappa shape index (κ2) is 28.1. The molecule has 0 amide bonds.